The third kappa shape index (κ3) is 3.77. The van der Waals surface area contributed by atoms with Crippen molar-refractivity contribution in [3.8, 4) is 11.5 Å². The minimum atomic E-state index is -2.89. The van der Waals surface area contributed by atoms with E-state index in [2.05, 4.69) is 9.89 Å². The first kappa shape index (κ1) is 17.5. The fourth-order valence-corrected chi connectivity index (χ4v) is 3.81. The van der Waals surface area contributed by atoms with Crippen molar-refractivity contribution in [3.63, 3.8) is 0 Å². The van der Waals surface area contributed by atoms with E-state index in [9.17, 15) is 8.78 Å². The maximum atomic E-state index is 12.7. The van der Waals surface area contributed by atoms with Gasteiger partial charge in [-0.3, -0.25) is 0 Å². The second-order valence-corrected chi connectivity index (χ2v) is 7.21. The van der Waals surface area contributed by atoms with Crippen molar-refractivity contribution in [2.75, 3.05) is 13.2 Å². The van der Waals surface area contributed by atoms with Crippen LogP contribution in [0.15, 0.2) is 23.4 Å². The van der Waals surface area contributed by atoms with Crippen molar-refractivity contribution < 1.29 is 27.8 Å². The molecule has 0 N–H and O–H groups in total. The highest BCUT2D eigenvalue weighted by molar-refractivity contribution is 6.02. The number of benzene rings is 1. The van der Waals surface area contributed by atoms with Crippen molar-refractivity contribution in [1.82, 2.24) is 0 Å². The number of halogens is 2. The molecule has 1 saturated carbocycles. The Morgan fingerprint density at radius 3 is 2.73 bits per heavy atom. The molecule has 4 rings (SSSR count). The van der Waals surface area contributed by atoms with Crippen LogP contribution in [0.3, 0.4) is 0 Å². The molecule has 0 amide bonds. The Balaban J connectivity index is 1.55. The number of oxime groups is 1. The van der Waals surface area contributed by atoms with Crippen LogP contribution in [-0.4, -0.2) is 37.2 Å². The average molecular weight is 367 g/mol. The Morgan fingerprint density at radius 2 is 2.00 bits per heavy atom. The topological polar surface area (TPSA) is 49.3 Å². The van der Waals surface area contributed by atoms with E-state index in [1.54, 1.807) is 12.1 Å². The molecule has 5 nitrogen and oxygen atoms in total. The summed E-state index contributed by atoms with van der Waals surface area (Å²) in [7, 11) is 0. The molecule has 1 aromatic carbocycles. The van der Waals surface area contributed by atoms with Gasteiger partial charge in [0.15, 0.2) is 17.1 Å². The molecular weight excluding hydrogens is 344 g/mol. The molecule has 1 unspecified atom stereocenters. The van der Waals surface area contributed by atoms with E-state index in [0.717, 1.165) is 43.4 Å². The number of nitrogens with zero attached hydrogens (tertiary/aromatic N) is 1. The molecule has 1 aliphatic carbocycles. The molecule has 1 saturated heterocycles. The predicted octanol–water partition coefficient (Wildman–Crippen LogP) is 4.28. The first-order valence-corrected chi connectivity index (χ1v) is 9.22. The van der Waals surface area contributed by atoms with Gasteiger partial charge in [-0.1, -0.05) is 11.6 Å². The van der Waals surface area contributed by atoms with E-state index in [4.69, 9.17) is 14.3 Å². The summed E-state index contributed by atoms with van der Waals surface area (Å²) in [6, 6.07) is 4.99. The van der Waals surface area contributed by atoms with Crippen molar-refractivity contribution in [1.29, 1.82) is 0 Å². The monoisotopic (exact) mass is 367 g/mol. The lowest BCUT2D eigenvalue weighted by Crippen LogP contribution is -2.29. The van der Waals surface area contributed by atoms with Gasteiger partial charge >= 0.3 is 6.61 Å². The number of ether oxygens (including phenoxy) is 3. The van der Waals surface area contributed by atoms with Gasteiger partial charge in [0, 0.05) is 18.4 Å². The summed E-state index contributed by atoms with van der Waals surface area (Å²) < 4.78 is 41.6. The number of hydrogen-bond acceptors (Lipinski definition) is 5. The van der Waals surface area contributed by atoms with Crippen LogP contribution >= 0.6 is 0 Å². The van der Waals surface area contributed by atoms with Gasteiger partial charge in [0.2, 0.25) is 0 Å². The molecule has 0 aromatic heterocycles. The molecule has 142 valence electrons. The molecule has 2 fully saturated rings. The van der Waals surface area contributed by atoms with E-state index in [0.29, 0.717) is 25.4 Å². The second kappa shape index (κ2) is 7.39. The smallest absolute Gasteiger partial charge is 0.387 e. The van der Waals surface area contributed by atoms with Crippen LogP contribution in [0.25, 0.3) is 0 Å². The lowest BCUT2D eigenvalue weighted by molar-refractivity contribution is -0.0523. The maximum Gasteiger partial charge on any atom is 0.387 e. The summed E-state index contributed by atoms with van der Waals surface area (Å²) in [6.07, 6.45) is 6.74. The lowest BCUT2D eigenvalue weighted by Gasteiger charge is -2.24. The van der Waals surface area contributed by atoms with Crippen molar-refractivity contribution in [2.24, 2.45) is 5.16 Å². The third-order valence-electron chi connectivity index (χ3n) is 5.25. The Kier molecular flexibility index (Phi) is 4.98. The highest BCUT2D eigenvalue weighted by Gasteiger charge is 2.43. The molecular formula is C19H23F2NO4. The third-order valence-corrected chi connectivity index (χ3v) is 5.25. The molecule has 7 heteroatoms. The van der Waals surface area contributed by atoms with Gasteiger partial charge in [-0.25, -0.2) is 0 Å². The Labute approximate surface area is 151 Å². The summed E-state index contributed by atoms with van der Waals surface area (Å²) in [4.78, 5) is 5.62. The first-order valence-electron chi connectivity index (χ1n) is 9.22. The van der Waals surface area contributed by atoms with E-state index in [1.165, 1.54) is 12.5 Å². The molecule has 1 aromatic rings. The maximum absolute atomic E-state index is 12.7. The quantitative estimate of drug-likeness (QED) is 0.779. The van der Waals surface area contributed by atoms with Crippen molar-refractivity contribution in [2.45, 2.75) is 63.3 Å². The molecule has 2 aliphatic heterocycles. The van der Waals surface area contributed by atoms with Gasteiger partial charge in [0.1, 0.15) is 0 Å². The summed E-state index contributed by atoms with van der Waals surface area (Å²) >= 11 is 0. The van der Waals surface area contributed by atoms with Crippen molar-refractivity contribution in [3.05, 3.63) is 23.8 Å². The van der Waals surface area contributed by atoms with Crippen LogP contribution in [0.5, 0.6) is 11.5 Å². The molecule has 2 heterocycles. The van der Waals surface area contributed by atoms with Crippen molar-refractivity contribution >= 4 is 5.71 Å². The Bertz CT molecular complexity index is 668. The van der Waals surface area contributed by atoms with Crippen LogP contribution in [0.4, 0.5) is 8.78 Å². The van der Waals surface area contributed by atoms with Crippen LogP contribution in [-0.2, 0) is 9.57 Å². The van der Waals surface area contributed by atoms with Gasteiger partial charge in [0.25, 0.3) is 0 Å². The minimum absolute atomic E-state index is 0.0374. The summed E-state index contributed by atoms with van der Waals surface area (Å²) in [5.41, 5.74) is 1.21. The van der Waals surface area contributed by atoms with E-state index in [1.807, 2.05) is 0 Å². The first-order chi connectivity index (χ1) is 12.6. The molecule has 3 aliphatic rings. The molecule has 1 spiro atoms. The zero-order valence-corrected chi connectivity index (χ0v) is 14.6. The molecule has 0 radical (unpaired) electrons. The SMILES string of the molecule is FC(F)Oc1ccc(C2=NOC3(CCOC3)C2)cc1OC1CCCCC1. The molecule has 0 bridgehead atoms. The summed E-state index contributed by atoms with van der Waals surface area (Å²) in [5, 5.41) is 4.21. The van der Waals surface area contributed by atoms with Gasteiger partial charge in [-0.2, -0.15) is 8.78 Å². The second-order valence-electron chi connectivity index (χ2n) is 7.21. The lowest BCUT2D eigenvalue weighted by atomic mass is 9.93. The summed E-state index contributed by atoms with van der Waals surface area (Å²) in [5.74, 6) is 0.411. The van der Waals surface area contributed by atoms with E-state index < -0.39 is 6.61 Å². The normalized spacial score (nSPS) is 26.2. The highest BCUT2D eigenvalue weighted by Crippen LogP contribution is 2.37. The zero-order chi connectivity index (χ0) is 18.0. The van der Waals surface area contributed by atoms with Gasteiger partial charge in [0.05, 0.1) is 25.0 Å². The standard InChI is InChI=1S/C19H23F2NO4/c20-18(21)25-16-7-6-13(10-17(16)24-14-4-2-1-3-5-14)15-11-19(26-22-15)8-9-23-12-19/h6-7,10,14,18H,1-5,8-9,11-12H2. The number of rotatable bonds is 5. The Morgan fingerprint density at radius 1 is 1.15 bits per heavy atom. The molecule has 26 heavy (non-hydrogen) atoms. The van der Waals surface area contributed by atoms with Crippen LogP contribution < -0.4 is 9.47 Å². The fraction of sp³-hybridized carbons (Fsp3) is 0.632. The Hall–Kier alpha value is -1.89. The van der Waals surface area contributed by atoms with Crippen LogP contribution in [0.2, 0.25) is 0 Å². The minimum Gasteiger partial charge on any atom is -0.487 e. The van der Waals surface area contributed by atoms with E-state index in [-0.39, 0.29) is 17.5 Å². The zero-order valence-electron chi connectivity index (χ0n) is 14.6. The van der Waals surface area contributed by atoms with Gasteiger partial charge in [-0.15, -0.1) is 0 Å². The highest BCUT2D eigenvalue weighted by atomic mass is 19.3. The fourth-order valence-electron chi connectivity index (χ4n) is 3.81. The van der Waals surface area contributed by atoms with E-state index >= 15 is 0 Å². The van der Waals surface area contributed by atoms with Gasteiger partial charge in [-0.05, 0) is 43.9 Å². The van der Waals surface area contributed by atoms with Gasteiger partial charge < -0.3 is 19.0 Å². The van der Waals surface area contributed by atoms with Crippen LogP contribution in [0.1, 0.15) is 50.5 Å². The average Bonchev–Trinajstić information content (AvgIpc) is 3.27. The number of hydrogen-bond donors (Lipinski definition) is 0. The number of alkyl halides is 2. The molecule has 1 atom stereocenters. The van der Waals surface area contributed by atoms with Crippen LogP contribution in [0, 0.1) is 0 Å². The summed E-state index contributed by atoms with van der Waals surface area (Å²) in [6.45, 7) is -1.70. The largest absolute Gasteiger partial charge is 0.487 e. The predicted molar refractivity (Wildman–Crippen MR) is 91.0 cm³/mol.